The van der Waals surface area contributed by atoms with Crippen molar-refractivity contribution in [1.82, 2.24) is 15.1 Å². The first-order chi connectivity index (χ1) is 12.3. The molecule has 1 N–H and O–H groups in total. The first-order valence-corrected chi connectivity index (χ1v) is 8.90. The van der Waals surface area contributed by atoms with E-state index in [0.717, 1.165) is 0 Å². The molecule has 0 radical (unpaired) electrons. The first kappa shape index (κ1) is 20.5. The van der Waals surface area contributed by atoms with Gasteiger partial charge in [0.15, 0.2) is 5.96 Å². The highest BCUT2D eigenvalue weighted by Crippen LogP contribution is 2.25. The van der Waals surface area contributed by atoms with Crippen molar-refractivity contribution in [1.29, 1.82) is 0 Å². The summed E-state index contributed by atoms with van der Waals surface area (Å²) in [6.45, 7) is 5.84. The van der Waals surface area contributed by atoms with E-state index < -0.39 is 12.2 Å². The van der Waals surface area contributed by atoms with E-state index in [1.807, 2.05) is 11.8 Å². The summed E-state index contributed by atoms with van der Waals surface area (Å²) in [7, 11) is 0. The van der Waals surface area contributed by atoms with E-state index in [1.165, 1.54) is 17.9 Å². The Bertz CT molecular complexity index is 595. The van der Waals surface area contributed by atoms with Crippen LogP contribution in [0.15, 0.2) is 29.3 Å². The van der Waals surface area contributed by atoms with Crippen molar-refractivity contribution in [3.8, 4) is 0 Å². The van der Waals surface area contributed by atoms with Gasteiger partial charge in [-0.25, -0.2) is 4.39 Å². The van der Waals surface area contributed by atoms with Gasteiger partial charge in [0.1, 0.15) is 11.9 Å². The summed E-state index contributed by atoms with van der Waals surface area (Å²) in [5, 5.41) is 3.17. The zero-order chi connectivity index (χ0) is 19.2. The lowest BCUT2D eigenvalue weighted by Crippen LogP contribution is -2.56. The van der Waals surface area contributed by atoms with Crippen molar-refractivity contribution >= 4 is 5.96 Å². The Hall–Kier alpha value is -1.83. The number of aliphatic imine (C=N–C) groups is 1. The predicted molar refractivity (Wildman–Crippen MR) is 94.7 cm³/mol. The molecule has 1 aromatic carbocycles. The van der Waals surface area contributed by atoms with Crippen molar-refractivity contribution < 1.29 is 17.6 Å². The molecule has 26 heavy (non-hydrogen) atoms. The van der Waals surface area contributed by atoms with E-state index in [9.17, 15) is 17.6 Å². The van der Waals surface area contributed by atoms with Crippen LogP contribution in [0, 0.1) is 5.82 Å². The fourth-order valence-corrected chi connectivity index (χ4v) is 2.94. The molecule has 1 aromatic rings. The summed E-state index contributed by atoms with van der Waals surface area (Å²) < 4.78 is 52.2. The van der Waals surface area contributed by atoms with Crippen LogP contribution in [-0.2, 0) is 6.42 Å². The van der Waals surface area contributed by atoms with Crippen molar-refractivity contribution in [2.45, 2.75) is 32.5 Å². The molecule has 0 amide bonds. The van der Waals surface area contributed by atoms with Gasteiger partial charge in [-0.3, -0.25) is 9.89 Å². The van der Waals surface area contributed by atoms with Crippen LogP contribution in [-0.4, -0.2) is 67.2 Å². The van der Waals surface area contributed by atoms with Gasteiger partial charge in [-0.1, -0.05) is 18.2 Å². The summed E-state index contributed by atoms with van der Waals surface area (Å²) in [4.78, 5) is 7.92. The minimum absolute atomic E-state index is 0.248. The number of halogens is 4. The SMILES string of the molecule is CCNC(=NCCc1ccccc1F)N1CCN(C(C)C(F)(F)F)CC1. The van der Waals surface area contributed by atoms with Crippen LogP contribution in [0.1, 0.15) is 19.4 Å². The number of hydrogen-bond acceptors (Lipinski definition) is 2. The van der Waals surface area contributed by atoms with Gasteiger partial charge >= 0.3 is 6.18 Å². The largest absolute Gasteiger partial charge is 0.403 e. The lowest BCUT2D eigenvalue weighted by Gasteiger charge is -2.39. The molecule has 1 heterocycles. The maximum absolute atomic E-state index is 13.7. The molecular formula is C18H26F4N4. The van der Waals surface area contributed by atoms with Gasteiger partial charge in [-0.15, -0.1) is 0 Å². The molecule has 0 spiro atoms. The molecule has 1 fully saturated rings. The second-order valence-corrected chi connectivity index (χ2v) is 6.32. The Labute approximate surface area is 151 Å². The van der Waals surface area contributed by atoms with E-state index in [-0.39, 0.29) is 5.82 Å². The second-order valence-electron chi connectivity index (χ2n) is 6.32. The summed E-state index contributed by atoms with van der Waals surface area (Å²) in [5.74, 6) is 0.422. The van der Waals surface area contributed by atoms with Crippen molar-refractivity contribution in [3.05, 3.63) is 35.6 Å². The minimum atomic E-state index is -4.21. The number of nitrogens with zero attached hydrogens (tertiary/aromatic N) is 3. The molecule has 0 aromatic heterocycles. The highest BCUT2D eigenvalue weighted by Gasteiger charge is 2.41. The van der Waals surface area contributed by atoms with Crippen LogP contribution in [0.2, 0.25) is 0 Å². The third-order valence-corrected chi connectivity index (χ3v) is 4.57. The highest BCUT2D eigenvalue weighted by molar-refractivity contribution is 5.80. The van der Waals surface area contributed by atoms with Crippen molar-refractivity contribution in [3.63, 3.8) is 0 Å². The maximum Gasteiger partial charge on any atom is 0.403 e. The molecule has 1 aliphatic rings. The van der Waals surface area contributed by atoms with Crippen LogP contribution in [0.4, 0.5) is 17.6 Å². The number of rotatable bonds is 5. The summed E-state index contributed by atoms with van der Waals surface area (Å²) in [6, 6.07) is 5.15. The molecular weight excluding hydrogens is 348 g/mol. The summed E-state index contributed by atoms with van der Waals surface area (Å²) >= 11 is 0. The standard InChI is InChI=1S/C18H26F4N4/c1-3-23-17(24-9-8-15-6-4-5-7-16(15)19)26-12-10-25(11-13-26)14(2)18(20,21)22/h4-7,14H,3,8-13H2,1-2H3,(H,23,24). The smallest absolute Gasteiger partial charge is 0.357 e. The molecule has 8 heteroatoms. The number of alkyl halides is 3. The Balaban J connectivity index is 1.92. The summed E-state index contributed by atoms with van der Waals surface area (Å²) in [6.07, 6.45) is -3.73. The Morgan fingerprint density at radius 1 is 1.19 bits per heavy atom. The van der Waals surface area contributed by atoms with Crippen LogP contribution < -0.4 is 5.32 Å². The Morgan fingerprint density at radius 2 is 1.85 bits per heavy atom. The van der Waals surface area contributed by atoms with E-state index in [1.54, 1.807) is 18.2 Å². The number of piperazine rings is 1. The molecule has 4 nitrogen and oxygen atoms in total. The molecule has 146 valence electrons. The van der Waals surface area contributed by atoms with E-state index in [0.29, 0.717) is 57.2 Å². The molecule has 1 unspecified atom stereocenters. The topological polar surface area (TPSA) is 30.9 Å². The third-order valence-electron chi connectivity index (χ3n) is 4.57. The van der Waals surface area contributed by atoms with E-state index in [2.05, 4.69) is 10.3 Å². The zero-order valence-electron chi connectivity index (χ0n) is 15.2. The summed E-state index contributed by atoms with van der Waals surface area (Å²) in [5.41, 5.74) is 0.607. The number of guanidine groups is 1. The van der Waals surface area contributed by atoms with Gasteiger partial charge in [0.2, 0.25) is 0 Å². The molecule has 0 saturated carbocycles. The van der Waals surface area contributed by atoms with E-state index >= 15 is 0 Å². The second kappa shape index (κ2) is 9.21. The zero-order valence-corrected chi connectivity index (χ0v) is 15.2. The Morgan fingerprint density at radius 3 is 2.42 bits per heavy atom. The van der Waals surface area contributed by atoms with Crippen LogP contribution in [0.25, 0.3) is 0 Å². The number of benzene rings is 1. The number of hydrogen-bond donors (Lipinski definition) is 1. The number of nitrogens with one attached hydrogen (secondary N) is 1. The monoisotopic (exact) mass is 374 g/mol. The minimum Gasteiger partial charge on any atom is -0.357 e. The van der Waals surface area contributed by atoms with Crippen LogP contribution in [0.5, 0.6) is 0 Å². The van der Waals surface area contributed by atoms with Gasteiger partial charge in [0, 0.05) is 39.3 Å². The molecule has 1 atom stereocenters. The average molecular weight is 374 g/mol. The molecule has 1 saturated heterocycles. The maximum atomic E-state index is 13.7. The van der Waals surface area contributed by atoms with Crippen molar-refractivity contribution in [2.24, 2.45) is 4.99 Å². The molecule has 2 rings (SSSR count). The predicted octanol–water partition coefficient (Wildman–Crippen LogP) is 2.90. The van der Waals surface area contributed by atoms with Gasteiger partial charge in [-0.05, 0) is 31.9 Å². The molecule has 0 aliphatic carbocycles. The van der Waals surface area contributed by atoms with Crippen LogP contribution >= 0.6 is 0 Å². The van der Waals surface area contributed by atoms with Crippen LogP contribution in [0.3, 0.4) is 0 Å². The first-order valence-electron chi connectivity index (χ1n) is 8.90. The average Bonchev–Trinajstić information content (AvgIpc) is 2.61. The fraction of sp³-hybridized carbons (Fsp3) is 0.611. The normalized spacial score (nSPS) is 18.1. The lowest BCUT2D eigenvalue weighted by atomic mass is 10.1. The third kappa shape index (κ3) is 5.59. The lowest BCUT2D eigenvalue weighted by molar-refractivity contribution is -0.181. The Kier molecular flexibility index (Phi) is 7.25. The fourth-order valence-electron chi connectivity index (χ4n) is 2.94. The molecule has 0 bridgehead atoms. The van der Waals surface area contributed by atoms with Gasteiger partial charge in [-0.2, -0.15) is 13.2 Å². The quantitative estimate of drug-likeness (QED) is 0.489. The highest BCUT2D eigenvalue weighted by atomic mass is 19.4. The van der Waals surface area contributed by atoms with Crippen molar-refractivity contribution in [2.75, 3.05) is 39.3 Å². The molecule has 1 aliphatic heterocycles. The van der Waals surface area contributed by atoms with Gasteiger partial charge in [0.25, 0.3) is 0 Å². The van der Waals surface area contributed by atoms with E-state index in [4.69, 9.17) is 0 Å². The van der Waals surface area contributed by atoms with Gasteiger partial charge in [0.05, 0.1) is 0 Å². The van der Waals surface area contributed by atoms with Gasteiger partial charge < -0.3 is 10.2 Å².